The Hall–Kier alpha value is -3.32. The fourth-order valence-electron chi connectivity index (χ4n) is 4.39. The van der Waals surface area contributed by atoms with Gasteiger partial charge < -0.3 is 39.2 Å². The molecule has 4 atom stereocenters. The average molecular weight is 498 g/mol. The number of thioether (sulfide) groups is 1. The van der Waals surface area contributed by atoms with Gasteiger partial charge in [0.05, 0.1) is 17.2 Å². The third kappa shape index (κ3) is 3.78. The molecule has 0 saturated carbocycles. The van der Waals surface area contributed by atoms with Crippen LogP contribution >= 0.6 is 11.8 Å². The Balaban J connectivity index is 1.15. The first-order chi connectivity index (χ1) is 17.0. The van der Waals surface area contributed by atoms with E-state index in [1.54, 1.807) is 28.6 Å². The molecule has 0 amide bonds. The van der Waals surface area contributed by atoms with Gasteiger partial charge in [-0.15, -0.1) is 0 Å². The summed E-state index contributed by atoms with van der Waals surface area (Å²) >= 11 is 1.56. The second-order valence-electron chi connectivity index (χ2n) is 8.42. The molecule has 0 radical (unpaired) electrons. The molecule has 12 heteroatoms. The van der Waals surface area contributed by atoms with E-state index in [1.807, 2.05) is 25.1 Å². The van der Waals surface area contributed by atoms with Crippen molar-refractivity contribution in [1.82, 2.24) is 19.7 Å². The summed E-state index contributed by atoms with van der Waals surface area (Å²) in [6.45, 7) is 2.09. The number of hydrogen-bond donors (Lipinski definition) is 3. The monoisotopic (exact) mass is 497 g/mol. The number of hydrogen-bond acceptors (Lipinski definition) is 11. The molecule has 2 aliphatic heterocycles. The number of rotatable bonds is 6. The van der Waals surface area contributed by atoms with Crippen molar-refractivity contribution in [2.75, 3.05) is 18.3 Å². The third-order valence-corrected chi connectivity index (χ3v) is 7.36. The van der Waals surface area contributed by atoms with Crippen LogP contribution in [0.2, 0.25) is 0 Å². The maximum absolute atomic E-state index is 10.7. The number of anilines is 1. The number of nitrogens with two attached hydrogens (primary N) is 1. The lowest BCUT2D eigenvalue weighted by Crippen LogP contribution is -2.32. The van der Waals surface area contributed by atoms with E-state index in [1.165, 1.54) is 6.33 Å². The standard InChI is InChI=1S/C23H23N5O6S/c1-11-14(20(34-27-11)12-2-3-15-16(6-12)32-10-31-15)7-35-8-17-18(29)19(30)23(33-17)28-5-4-13-21(24)25-9-26-22(13)28/h2-6,9,17-19,23,29-30H,7-8,10H2,1H3,(H2,24,25,26)/t17-,18-,19-,23-/m1/s1. The van der Waals surface area contributed by atoms with Crippen molar-refractivity contribution in [1.29, 1.82) is 0 Å². The molecule has 1 saturated heterocycles. The number of aryl methyl sites for hydroxylation is 1. The summed E-state index contributed by atoms with van der Waals surface area (Å²) < 4.78 is 24.2. The van der Waals surface area contributed by atoms with Gasteiger partial charge in [-0.25, -0.2) is 9.97 Å². The smallest absolute Gasteiger partial charge is 0.231 e. The number of aliphatic hydroxyl groups is 2. The highest BCUT2D eigenvalue weighted by atomic mass is 32.2. The van der Waals surface area contributed by atoms with Crippen LogP contribution in [0.15, 0.2) is 41.3 Å². The molecule has 2 aliphatic rings. The van der Waals surface area contributed by atoms with Gasteiger partial charge in [0, 0.05) is 28.8 Å². The Labute approximate surface area is 203 Å². The Kier molecular flexibility index (Phi) is 5.52. The average Bonchev–Trinajstić information content (AvgIpc) is 3.63. The first kappa shape index (κ1) is 22.2. The summed E-state index contributed by atoms with van der Waals surface area (Å²) in [6.07, 6.45) is -0.452. The van der Waals surface area contributed by atoms with E-state index in [-0.39, 0.29) is 6.79 Å². The van der Waals surface area contributed by atoms with Crippen molar-refractivity contribution in [2.45, 2.75) is 37.2 Å². The normalized spacial score (nSPS) is 23.4. The number of ether oxygens (including phenoxy) is 3. The molecule has 0 bridgehead atoms. The zero-order valence-electron chi connectivity index (χ0n) is 18.7. The summed E-state index contributed by atoms with van der Waals surface area (Å²) in [5, 5.41) is 26.2. The fourth-order valence-corrected chi connectivity index (χ4v) is 5.56. The van der Waals surface area contributed by atoms with E-state index in [4.69, 9.17) is 24.5 Å². The Morgan fingerprint density at radius 2 is 2.00 bits per heavy atom. The summed E-state index contributed by atoms with van der Waals surface area (Å²) in [6, 6.07) is 7.39. The van der Waals surface area contributed by atoms with Crippen LogP contribution in [0.4, 0.5) is 5.82 Å². The highest BCUT2D eigenvalue weighted by molar-refractivity contribution is 7.98. The van der Waals surface area contributed by atoms with Gasteiger partial charge in [-0.1, -0.05) is 5.16 Å². The maximum atomic E-state index is 10.7. The Morgan fingerprint density at radius 1 is 1.14 bits per heavy atom. The van der Waals surface area contributed by atoms with Crippen LogP contribution in [0.3, 0.4) is 0 Å². The minimum atomic E-state index is -1.12. The largest absolute Gasteiger partial charge is 0.454 e. The van der Waals surface area contributed by atoms with Crippen molar-refractivity contribution in [3.8, 4) is 22.8 Å². The van der Waals surface area contributed by atoms with Crippen LogP contribution in [0, 0.1) is 6.92 Å². The molecular formula is C23H23N5O6S. The molecule has 1 aromatic carbocycles. The number of aromatic nitrogens is 4. The van der Waals surface area contributed by atoms with Crippen LogP contribution in [-0.4, -0.2) is 60.8 Å². The first-order valence-electron chi connectivity index (χ1n) is 11.0. The molecule has 1 fully saturated rings. The summed E-state index contributed by atoms with van der Waals surface area (Å²) in [5.41, 5.74) is 9.03. The number of benzene rings is 1. The quantitative estimate of drug-likeness (QED) is 0.360. The van der Waals surface area contributed by atoms with Crippen molar-refractivity contribution >= 4 is 28.6 Å². The second-order valence-corrected chi connectivity index (χ2v) is 9.45. The van der Waals surface area contributed by atoms with Gasteiger partial charge in [0.1, 0.15) is 30.0 Å². The van der Waals surface area contributed by atoms with Gasteiger partial charge in [0.2, 0.25) is 6.79 Å². The zero-order valence-corrected chi connectivity index (χ0v) is 19.5. The molecule has 11 nitrogen and oxygen atoms in total. The predicted molar refractivity (Wildman–Crippen MR) is 127 cm³/mol. The topological polar surface area (TPSA) is 151 Å². The summed E-state index contributed by atoms with van der Waals surface area (Å²) in [5.74, 6) is 3.42. The van der Waals surface area contributed by atoms with Crippen LogP contribution in [0.5, 0.6) is 11.5 Å². The number of fused-ring (bicyclic) bond motifs is 2. The van der Waals surface area contributed by atoms with Crippen LogP contribution in [-0.2, 0) is 10.5 Å². The van der Waals surface area contributed by atoms with E-state index in [0.29, 0.717) is 45.6 Å². The van der Waals surface area contributed by atoms with Gasteiger partial charge >= 0.3 is 0 Å². The third-order valence-electron chi connectivity index (χ3n) is 6.30. The SMILES string of the molecule is Cc1noc(-c2ccc3c(c2)OCO3)c1CSC[C@H]1O[C@@H](n2ccc3c(N)ncnc32)[C@H](O)[C@@H]1O. The molecule has 35 heavy (non-hydrogen) atoms. The molecule has 0 unspecified atom stereocenters. The first-order valence-corrected chi connectivity index (χ1v) is 12.2. The van der Waals surface area contributed by atoms with Crippen LogP contribution < -0.4 is 15.2 Å². The van der Waals surface area contributed by atoms with E-state index in [9.17, 15) is 10.2 Å². The lowest BCUT2D eigenvalue weighted by atomic mass is 10.1. The predicted octanol–water partition coefficient (Wildman–Crippen LogP) is 2.26. The molecule has 182 valence electrons. The molecule has 4 N–H and O–H groups in total. The Bertz CT molecular complexity index is 1390. The number of aliphatic hydroxyl groups excluding tert-OH is 2. The van der Waals surface area contributed by atoms with E-state index >= 15 is 0 Å². The Morgan fingerprint density at radius 3 is 2.89 bits per heavy atom. The maximum Gasteiger partial charge on any atom is 0.231 e. The van der Waals surface area contributed by atoms with Gasteiger partial charge in [-0.3, -0.25) is 0 Å². The minimum Gasteiger partial charge on any atom is -0.454 e. The van der Waals surface area contributed by atoms with Crippen molar-refractivity contribution < 1.29 is 28.9 Å². The molecule has 4 aromatic rings. The minimum absolute atomic E-state index is 0.201. The van der Waals surface area contributed by atoms with Crippen molar-refractivity contribution in [3.05, 3.63) is 48.0 Å². The van der Waals surface area contributed by atoms with Gasteiger partial charge in [0.15, 0.2) is 23.5 Å². The van der Waals surface area contributed by atoms with Gasteiger partial charge in [-0.05, 0) is 31.2 Å². The zero-order chi connectivity index (χ0) is 24.1. The number of nitrogen functional groups attached to an aromatic ring is 1. The second kappa shape index (κ2) is 8.72. The van der Waals surface area contributed by atoms with Gasteiger partial charge in [0.25, 0.3) is 0 Å². The summed E-state index contributed by atoms with van der Waals surface area (Å²) in [4.78, 5) is 8.24. The van der Waals surface area contributed by atoms with E-state index in [2.05, 4.69) is 15.1 Å². The molecule has 6 rings (SSSR count). The van der Waals surface area contributed by atoms with Crippen molar-refractivity contribution in [3.63, 3.8) is 0 Å². The van der Waals surface area contributed by atoms with Crippen LogP contribution in [0.25, 0.3) is 22.4 Å². The van der Waals surface area contributed by atoms with Crippen LogP contribution in [0.1, 0.15) is 17.5 Å². The molecule has 0 spiro atoms. The van der Waals surface area contributed by atoms with E-state index < -0.39 is 24.5 Å². The lowest BCUT2D eigenvalue weighted by Gasteiger charge is -2.17. The van der Waals surface area contributed by atoms with Crippen molar-refractivity contribution in [2.24, 2.45) is 0 Å². The molecular weight excluding hydrogens is 474 g/mol. The fraction of sp³-hybridized carbons (Fsp3) is 0.348. The lowest BCUT2D eigenvalue weighted by molar-refractivity contribution is -0.0285. The highest BCUT2D eigenvalue weighted by Gasteiger charge is 2.44. The summed E-state index contributed by atoms with van der Waals surface area (Å²) in [7, 11) is 0. The number of nitrogens with zero attached hydrogens (tertiary/aromatic N) is 4. The van der Waals surface area contributed by atoms with E-state index in [0.717, 1.165) is 16.8 Å². The highest BCUT2D eigenvalue weighted by Crippen LogP contribution is 2.39. The molecule has 0 aliphatic carbocycles. The molecule has 3 aromatic heterocycles. The van der Waals surface area contributed by atoms with Gasteiger partial charge in [-0.2, -0.15) is 11.8 Å². The molecule has 5 heterocycles.